The Hall–Kier alpha value is -1.06. The van der Waals surface area contributed by atoms with E-state index in [-0.39, 0.29) is 0 Å². The van der Waals surface area contributed by atoms with Gasteiger partial charge in [0.2, 0.25) is 0 Å². The second-order valence-corrected chi connectivity index (χ2v) is 3.94. The third-order valence-electron chi connectivity index (χ3n) is 2.83. The number of hydrogen-bond acceptors (Lipinski definition) is 3. The Bertz CT molecular complexity index is 301. The van der Waals surface area contributed by atoms with Crippen LogP contribution in [-0.4, -0.2) is 30.3 Å². The predicted molar refractivity (Wildman–Crippen MR) is 57.3 cm³/mol. The predicted octanol–water partition coefficient (Wildman–Crippen LogP) is 0.586. The number of aliphatic hydroxyl groups is 1. The number of β-amino-alcohol motifs (C(OH)–C–C–N with tert-alkyl or cyclic N) is 1. The highest BCUT2D eigenvalue weighted by Crippen LogP contribution is 2.25. The summed E-state index contributed by atoms with van der Waals surface area (Å²) >= 11 is 0. The molecule has 3 heteroatoms. The summed E-state index contributed by atoms with van der Waals surface area (Å²) in [6.45, 7) is 1.88. The van der Waals surface area contributed by atoms with Crippen LogP contribution in [-0.2, 0) is 0 Å². The maximum Gasteiger partial charge on any atom is 0.0959 e. The van der Waals surface area contributed by atoms with Gasteiger partial charge < -0.3 is 15.7 Å². The third kappa shape index (κ3) is 1.74. The van der Waals surface area contributed by atoms with E-state index in [9.17, 15) is 5.11 Å². The van der Waals surface area contributed by atoms with E-state index in [1.807, 2.05) is 18.2 Å². The first-order chi connectivity index (χ1) is 6.73. The average molecular weight is 192 g/mol. The van der Waals surface area contributed by atoms with Crippen LogP contribution in [0.5, 0.6) is 0 Å². The van der Waals surface area contributed by atoms with E-state index < -0.39 is 5.60 Å². The Morgan fingerprint density at radius 3 is 2.64 bits per heavy atom. The summed E-state index contributed by atoms with van der Waals surface area (Å²) in [6.07, 6.45) is 0.762. The van der Waals surface area contributed by atoms with Gasteiger partial charge in [-0.2, -0.15) is 0 Å². The minimum atomic E-state index is -0.685. The van der Waals surface area contributed by atoms with Crippen molar-refractivity contribution in [2.75, 3.05) is 24.5 Å². The van der Waals surface area contributed by atoms with Crippen LogP contribution < -0.4 is 10.6 Å². The summed E-state index contributed by atoms with van der Waals surface area (Å²) in [5.41, 5.74) is 6.01. The summed E-state index contributed by atoms with van der Waals surface area (Å²) in [5, 5.41) is 9.97. The smallest absolute Gasteiger partial charge is 0.0959 e. The van der Waals surface area contributed by atoms with Crippen LogP contribution in [0.1, 0.15) is 6.42 Å². The zero-order chi connectivity index (χ0) is 10.0. The van der Waals surface area contributed by atoms with Crippen LogP contribution >= 0.6 is 0 Å². The van der Waals surface area contributed by atoms with E-state index in [0.717, 1.165) is 18.7 Å². The van der Waals surface area contributed by atoms with Gasteiger partial charge in [-0.05, 0) is 18.6 Å². The second-order valence-electron chi connectivity index (χ2n) is 3.94. The monoisotopic (exact) mass is 192 g/mol. The fourth-order valence-electron chi connectivity index (χ4n) is 1.88. The molecule has 1 aliphatic heterocycles. The Morgan fingerprint density at radius 2 is 2.07 bits per heavy atom. The molecule has 3 nitrogen and oxygen atoms in total. The molecule has 2 rings (SSSR count). The van der Waals surface area contributed by atoms with Crippen molar-refractivity contribution in [1.82, 2.24) is 0 Å². The number of nitrogens with two attached hydrogens (primary N) is 1. The fraction of sp³-hybridized carbons (Fsp3) is 0.455. The van der Waals surface area contributed by atoms with Gasteiger partial charge in [0.1, 0.15) is 0 Å². The zero-order valence-electron chi connectivity index (χ0n) is 8.19. The molecule has 1 atom stereocenters. The molecule has 76 valence electrons. The van der Waals surface area contributed by atoms with Gasteiger partial charge in [0, 0.05) is 25.3 Å². The number of rotatable bonds is 2. The van der Waals surface area contributed by atoms with Crippen molar-refractivity contribution in [3.8, 4) is 0 Å². The molecule has 0 spiro atoms. The SMILES string of the molecule is NCC1(O)CCN(c2ccccc2)C1. The molecule has 1 aromatic rings. The van der Waals surface area contributed by atoms with E-state index in [1.54, 1.807) is 0 Å². The Morgan fingerprint density at radius 1 is 1.36 bits per heavy atom. The van der Waals surface area contributed by atoms with Gasteiger partial charge in [-0.25, -0.2) is 0 Å². The van der Waals surface area contributed by atoms with Crippen molar-refractivity contribution in [2.24, 2.45) is 5.73 Å². The van der Waals surface area contributed by atoms with Crippen molar-refractivity contribution in [2.45, 2.75) is 12.0 Å². The zero-order valence-corrected chi connectivity index (χ0v) is 8.19. The lowest BCUT2D eigenvalue weighted by atomic mass is 10.0. The van der Waals surface area contributed by atoms with Crippen LogP contribution in [0.4, 0.5) is 5.69 Å². The topological polar surface area (TPSA) is 49.5 Å². The Balaban J connectivity index is 2.10. The van der Waals surface area contributed by atoms with Crippen molar-refractivity contribution in [3.05, 3.63) is 30.3 Å². The summed E-state index contributed by atoms with van der Waals surface area (Å²) in [6, 6.07) is 10.1. The van der Waals surface area contributed by atoms with Crippen LogP contribution in [0, 0.1) is 0 Å². The molecular formula is C11H16N2O. The first-order valence-electron chi connectivity index (χ1n) is 4.96. The Labute approximate surface area is 84.1 Å². The number of nitrogens with zero attached hydrogens (tertiary/aromatic N) is 1. The van der Waals surface area contributed by atoms with Crippen molar-refractivity contribution < 1.29 is 5.11 Å². The van der Waals surface area contributed by atoms with Gasteiger partial charge in [-0.3, -0.25) is 0 Å². The number of benzene rings is 1. The first kappa shape index (κ1) is 9.49. The van der Waals surface area contributed by atoms with Crippen LogP contribution in [0.25, 0.3) is 0 Å². The molecule has 1 heterocycles. The van der Waals surface area contributed by atoms with E-state index in [1.165, 1.54) is 0 Å². The van der Waals surface area contributed by atoms with E-state index >= 15 is 0 Å². The first-order valence-corrected chi connectivity index (χ1v) is 4.96. The molecule has 1 unspecified atom stereocenters. The lowest BCUT2D eigenvalue weighted by molar-refractivity contribution is 0.0726. The molecule has 1 fully saturated rings. The molecule has 0 amide bonds. The lowest BCUT2D eigenvalue weighted by Gasteiger charge is -2.22. The summed E-state index contributed by atoms with van der Waals surface area (Å²) in [7, 11) is 0. The molecule has 0 aliphatic carbocycles. The maximum atomic E-state index is 9.97. The average Bonchev–Trinajstić information content (AvgIpc) is 2.63. The van der Waals surface area contributed by atoms with Crippen LogP contribution in [0.3, 0.4) is 0 Å². The van der Waals surface area contributed by atoms with Crippen LogP contribution in [0.15, 0.2) is 30.3 Å². The molecule has 14 heavy (non-hydrogen) atoms. The Kier molecular flexibility index (Phi) is 2.44. The highest BCUT2D eigenvalue weighted by molar-refractivity contribution is 5.47. The van der Waals surface area contributed by atoms with Crippen molar-refractivity contribution in [3.63, 3.8) is 0 Å². The molecule has 1 aliphatic rings. The lowest BCUT2D eigenvalue weighted by Crippen LogP contribution is -2.40. The summed E-state index contributed by atoms with van der Waals surface area (Å²) < 4.78 is 0. The molecule has 0 saturated carbocycles. The van der Waals surface area contributed by atoms with Gasteiger partial charge in [-0.1, -0.05) is 18.2 Å². The number of hydrogen-bond donors (Lipinski definition) is 2. The van der Waals surface area contributed by atoms with E-state index in [2.05, 4.69) is 17.0 Å². The highest BCUT2D eigenvalue weighted by atomic mass is 16.3. The fourth-order valence-corrected chi connectivity index (χ4v) is 1.88. The largest absolute Gasteiger partial charge is 0.387 e. The maximum absolute atomic E-state index is 9.97. The minimum absolute atomic E-state index is 0.344. The highest BCUT2D eigenvalue weighted by Gasteiger charge is 2.34. The summed E-state index contributed by atoms with van der Waals surface area (Å²) in [5.74, 6) is 0. The van der Waals surface area contributed by atoms with Gasteiger partial charge in [0.25, 0.3) is 0 Å². The normalized spacial score (nSPS) is 26.9. The van der Waals surface area contributed by atoms with Gasteiger partial charge in [-0.15, -0.1) is 0 Å². The molecular weight excluding hydrogens is 176 g/mol. The van der Waals surface area contributed by atoms with Gasteiger partial charge >= 0.3 is 0 Å². The van der Waals surface area contributed by atoms with Crippen molar-refractivity contribution in [1.29, 1.82) is 0 Å². The van der Waals surface area contributed by atoms with Crippen LogP contribution in [0.2, 0.25) is 0 Å². The van der Waals surface area contributed by atoms with E-state index in [4.69, 9.17) is 5.73 Å². The van der Waals surface area contributed by atoms with E-state index in [0.29, 0.717) is 13.1 Å². The minimum Gasteiger partial charge on any atom is -0.387 e. The third-order valence-corrected chi connectivity index (χ3v) is 2.83. The van der Waals surface area contributed by atoms with Gasteiger partial charge in [0.05, 0.1) is 5.60 Å². The molecule has 0 bridgehead atoms. The van der Waals surface area contributed by atoms with Crippen molar-refractivity contribution >= 4 is 5.69 Å². The molecule has 3 N–H and O–H groups in total. The number of anilines is 1. The molecule has 0 radical (unpaired) electrons. The van der Waals surface area contributed by atoms with Gasteiger partial charge in [0.15, 0.2) is 0 Å². The molecule has 0 aromatic heterocycles. The molecule has 1 saturated heterocycles. The quantitative estimate of drug-likeness (QED) is 0.721. The summed E-state index contributed by atoms with van der Waals surface area (Å²) in [4.78, 5) is 2.17. The standard InChI is InChI=1S/C11H16N2O/c12-8-11(14)6-7-13(9-11)10-4-2-1-3-5-10/h1-5,14H,6-9,12H2. The number of para-hydroxylation sites is 1. The molecule has 1 aromatic carbocycles. The second kappa shape index (κ2) is 3.59.